The predicted molar refractivity (Wildman–Crippen MR) is 49.2 cm³/mol. The fourth-order valence-corrected chi connectivity index (χ4v) is 1.19. The molecule has 0 fully saturated rings. The van der Waals surface area contributed by atoms with E-state index >= 15 is 0 Å². The smallest absolute Gasteiger partial charge is 0.329 e. The van der Waals surface area contributed by atoms with Gasteiger partial charge in [0.25, 0.3) is 0 Å². The Bertz CT molecular complexity index is 555. The van der Waals surface area contributed by atoms with Gasteiger partial charge in [-0.3, -0.25) is 4.79 Å². The minimum atomic E-state index is -4.48. The third-order valence-corrected chi connectivity index (χ3v) is 1.90. The highest BCUT2D eigenvalue weighted by atomic mass is 19.4. The lowest BCUT2D eigenvalue weighted by atomic mass is 10.4. The highest BCUT2D eigenvalue weighted by Crippen LogP contribution is 2.27. The van der Waals surface area contributed by atoms with E-state index in [-0.39, 0.29) is 5.69 Å². The molecule has 0 radical (unpaired) electrons. The van der Waals surface area contributed by atoms with E-state index in [2.05, 4.69) is 10.1 Å². The number of alkyl halides is 3. The maximum Gasteiger partial charge on any atom is 0.435 e. The summed E-state index contributed by atoms with van der Waals surface area (Å²) in [5.74, 6) is 0. The third kappa shape index (κ3) is 1.97. The summed E-state index contributed by atoms with van der Waals surface area (Å²) in [6.07, 6.45) is -1.99. The Morgan fingerprint density at radius 2 is 2.06 bits per heavy atom. The number of aromatic amines is 1. The van der Waals surface area contributed by atoms with Crippen molar-refractivity contribution in [1.29, 1.82) is 0 Å². The van der Waals surface area contributed by atoms with E-state index in [4.69, 9.17) is 0 Å². The second-order valence-electron chi connectivity index (χ2n) is 3.05. The molecule has 2 heterocycles. The first-order valence-electron chi connectivity index (χ1n) is 4.29. The standard InChI is InChI=1S/C9H6F3N3O/c10-9(11,12)7-2-4-15(14-7)6-1-3-13-8(16)5-6/h1-5H,(H,13,16). The summed E-state index contributed by atoms with van der Waals surface area (Å²) < 4.78 is 37.8. The first-order chi connectivity index (χ1) is 7.47. The lowest BCUT2D eigenvalue weighted by Gasteiger charge is -2.02. The Labute approximate surface area is 87.3 Å². The van der Waals surface area contributed by atoms with Gasteiger partial charge >= 0.3 is 6.18 Å². The van der Waals surface area contributed by atoms with Crippen molar-refractivity contribution >= 4 is 0 Å². The third-order valence-electron chi connectivity index (χ3n) is 1.90. The number of halogens is 3. The number of nitrogens with one attached hydrogen (secondary N) is 1. The molecule has 1 N–H and O–H groups in total. The van der Waals surface area contributed by atoms with E-state index in [9.17, 15) is 18.0 Å². The van der Waals surface area contributed by atoms with Crippen LogP contribution in [0.15, 0.2) is 35.4 Å². The van der Waals surface area contributed by atoms with Crippen molar-refractivity contribution in [2.24, 2.45) is 0 Å². The molecule has 0 atom stereocenters. The van der Waals surface area contributed by atoms with Gasteiger partial charge in [0.05, 0.1) is 5.69 Å². The number of hydrogen-bond acceptors (Lipinski definition) is 2. The van der Waals surface area contributed by atoms with E-state index in [1.165, 1.54) is 12.3 Å². The topological polar surface area (TPSA) is 50.7 Å². The van der Waals surface area contributed by atoms with Crippen molar-refractivity contribution < 1.29 is 13.2 Å². The van der Waals surface area contributed by atoms with Gasteiger partial charge in [-0.25, -0.2) is 4.68 Å². The summed E-state index contributed by atoms with van der Waals surface area (Å²) in [5, 5.41) is 3.33. The molecule has 0 aliphatic heterocycles. The number of rotatable bonds is 1. The summed E-state index contributed by atoms with van der Waals surface area (Å²) in [5.41, 5.74) is -1.12. The van der Waals surface area contributed by atoms with Gasteiger partial charge in [-0.1, -0.05) is 0 Å². The normalized spacial score (nSPS) is 11.7. The summed E-state index contributed by atoms with van der Waals surface area (Å²) in [6.45, 7) is 0. The van der Waals surface area contributed by atoms with Crippen LogP contribution in [0.5, 0.6) is 0 Å². The zero-order valence-corrected chi connectivity index (χ0v) is 7.82. The van der Waals surface area contributed by atoms with Gasteiger partial charge in [0.15, 0.2) is 5.69 Å². The molecule has 0 aliphatic rings. The molecule has 0 aliphatic carbocycles. The molecule has 0 saturated heterocycles. The molecular formula is C9H6F3N3O. The molecule has 0 amide bonds. The Morgan fingerprint density at radius 1 is 1.31 bits per heavy atom. The summed E-state index contributed by atoms with van der Waals surface area (Å²) in [7, 11) is 0. The molecule has 0 spiro atoms. The number of pyridine rings is 1. The lowest BCUT2D eigenvalue weighted by Crippen LogP contribution is -2.09. The molecule has 2 aromatic heterocycles. The van der Waals surface area contributed by atoms with Crippen LogP contribution in [-0.4, -0.2) is 14.8 Å². The van der Waals surface area contributed by atoms with Crippen LogP contribution in [0.1, 0.15) is 5.69 Å². The quantitative estimate of drug-likeness (QED) is 0.807. The number of nitrogens with zero attached hydrogens (tertiary/aromatic N) is 2. The average Bonchev–Trinajstić information content (AvgIpc) is 2.65. The fraction of sp³-hybridized carbons (Fsp3) is 0.111. The molecule has 2 aromatic rings. The minimum absolute atomic E-state index is 0.277. The van der Waals surface area contributed by atoms with E-state index in [0.29, 0.717) is 0 Å². The number of hydrogen-bond donors (Lipinski definition) is 1. The molecule has 16 heavy (non-hydrogen) atoms. The molecule has 0 unspecified atom stereocenters. The van der Waals surface area contributed by atoms with Crippen LogP contribution in [0.25, 0.3) is 5.69 Å². The van der Waals surface area contributed by atoms with Crippen molar-refractivity contribution in [3.05, 3.63) is 46.6 Å². The minimum Gasteiger partial charge on any atom is -0.329 e. The van der Waals surface area contributed by atoms with Gasteiger partial charge in [0.1, 0.15) is 0 Å². The van der Waals surface area contributed by atoms with E-state index in [0.717, 1.165) is 23.0 Å². The Morgan fingerprint density at radius 3 is 2.62 bits per heavy atom. The van der Waals surface area contributed by atoms with Crippen molar-refractivity contribution in [3.8, 4) is 5.69 Å². The molecule has 84 valence electrons. The first-order valence-corrected chi connectivity index (χ1v) is 4.29. The fourth-order valence-electron chi connectivity index (χ4n) is 1.19. The zero-order valence-electron chi connectivity index (χ0n) is 7.82. The predicted octanol–water partition coefficient (Wildman–Crippen LogP) is 1.58. The van der Waals surface area contributed by atoms with Crippen LogP contribution in [0.3, 0.4) is 0 Å². The van der Waals surface area contributed by atoms with E-state index in [1.54, 1.807) is 0 Å². The summed E-state index contributed by atoms with van der Waals surface area (Å²) in [6, 6.07) is 3.46. The van der Waals surface area contributed by atoms with Crippen LogP contribution >= 0.6 is 0 Å². The SMILES string of the molecule is O=c1cc(-n2ccc(C(F)(F)F)n2)cc[nH]1. The van der Waals surface area contributed by atoms with Crippen LogP contribution in [0.2, 0.25) is 0 Å². The highest BCUT2D eigenvalue weighted by molar-refractivity contribution is 5.28. The zero-order chi connectivity index (χ0) is 11.8. The van der Waals surface area contributed by atoms with Gasteiger partial charge in [-0.15, -0.1) is 0 Å². The highest BCUT2D eigenvalue weighted by Gasteiger charge is 2.33. The summed E-state index contributed by atoms with van der Waals surface area (Å²) in [4.78, 5) is 13.3. The second kappa shape index (κ2) is 3.51. The van der Waals surface area contributed by atoms with Gasteiger partial charge in [0.2, 0.25) is 5.56 Å². The largest absolute Gasteiger partial charge is 0.435 e. The van der Waals surface area contributed by atoms with Crippen molar-refractivity contribution in [3.63, 3.8) is 0 Å². The van der Waals surface area contributed by atoms with Gasteiger partial charge < -0.3 is 4.98 Å². The Hall–Kier alpha value is -2.05. The molecular weight excluding hydrogens is 223 g/mol. The van der Waals surface area contributed by atoms with Crippen LogP contribution < -0.4 is 5.56 Å². The molecule has 2 rings (SSSR count). The van der Waals surface area contributed by atoms with Crippen molar-refractivity contribution in [2.75, 3.05) is 0 Å². The first kappa shape index (κ1) is 10.5. The van der Waals surface area contributed by atoms with Gasteiger partial charge in [0, 0.05) is 18.5 Å². The monoisotopic (exact) mass is 229 g/mol. The number of H-pyrrole nitrogens is 1. The molecule has 7 heteroatoms. The lowest BCUT2D eigenvalue weighted by molar-refractivity contribution is -0.141. The second-order valence-corrected chi connectivity index (χ2v) is 3.05. The molecule has 0 bridgehead atoms. The molecule has 4 nitrogen and oxygen atoms in total. The van der Waals surface area contributed by atoms with Crippen LogP contribution in [0, 0.1) is 0 Å². The summed E-state index contributed by atoms with van der Waals surface area (Å²) >= 11 is 0. The maximum atomic E-state index is 12.3. The van der Waals surface area contributed by atoms with Crippen molar-refractivity contribution in [1.82, 2.24) is 14.8 Å². The van der Waals surface area contributed by atoms with Crippen LogP contribution in [0.4, 0.5) is 13.2 Å². The average molecular weight is 229 g/mol. The molecule has 0 aromatic carbocycles. The van der Waals surface area contributed by atoms with Crippen LogP contribution in [-0.2, 0) is 6.18 Å². The maximum absolute atomic E-state index is 12.3. The number of aromatic nitrogens is 3. The van der Waals surface area contributed by atoms with Gasteiger partial charge in [-0.2, -0.15) is 18.3 Å². The van der Waals surface area contributed by atoms with E-state index < -0.39 is 17.4 Å². The van der Waals surface area contributed by atoms with E-state index in [1.807, 2.05) is 0 Å². The van der Waals surface area contributed by atoms with Gasteiger partial charge in [-0.05, 0) is 12.1 Å². The van der Waals surface area contributed by atoms with Crippen molar-refractivity contribution in [2.45, 2.75) is 6.18 Å². The Kier molecular flexibility index (Phi) is 2.30. The Balaban J connectivity index is 2.43. The molecule has 0 saturated carbocycles.